The summed E-state index contributed by atoms with van der Waals surface area (Å²) in [5, 5.41) is 4.77. The summed E-state index contributed by atoms with van der Waals surface area (Å²) >= 11 is 0. The van der Waals surface area contributed by atoms with Crippen molar-refractivity contribution < 1.29 is 13.2 Å². The van der Waals surface area contributed by atoms with Gasteiger partial charge in [-0.25, -0.2) is 18.4 Å². The number of fused-ring (bicyclic) bond motifs is 1. The molecule has 0 unspecified atom stereocenters. The molecular formula is C27H35N5O3S. The van der Waals surface area contributed by atoms with E-state index in [-0.39, 0.29) is 0 Å². The second kappa shape index (κ2) is 11.1. The van der Waals surface area contributed by atoms with Gasteiger partial charge in [-0.2, -0.15) is 4.31 Å². The number of benzene rings is 2. The van der Waals surface area contributed by atoms with E-state index in [1.54, 1.807) is 35.7 Å². The van der Waals surface area contributed by atoms with E-state index in [2.05, 4.69) is 22.3 Å². The first kappa shape index (κ1) is 24.9. The minimum absolute atomic E-state index is 0.305. The fourth-order valence-corrected chi connectivity index (χ4v) is 6.56. The molecule has 1 aliphatic heterocycles. The molecule has 1 aromatic heterocycles. The van der Waals surface area contributed by atoms with Crippen LogP contribution in [-0.2, 0) is 16.4 Å². The Morgan fingerprint density at radius 2 is 1.67 bits per heavy atom. The van der Waals surface area contributed by atoms with Crippen LogP contribution in [0.1, 0.15) is 37.9 Å². The van der Waals surface area contributed by atoms with Gasteiger partial charge in [-0.15, -0.1) is 0 Å². The third-order valence-electron chi connectivity index (χ3n) is 7.28. The lowest BCUT2D eigenvalue weighted by atomic mass is 9.95. The average molecular weight is 510 g/mol. The van der Waals surface area contributed by atoms with Gasteiger partial charge in [0.05, 0.1) is 17.5 Å². The normalized spacial score (nSPS) is 18.4. The fourth-order valence-electron chi connectivity index (χ4n) is 5.14. The standard InChI is InChI=1S/C27H35N5O3S/c1-35-22-11-13-23(14-12-22)36(33,34)32-19-17-31(18-20-32)16-15-26-29-25-10-6-5-9-24(25)27(30-26)28-21-7-3-2-4-8-21/h5-6,9-14,21H,2-4,7-8,15-20H2,1H3,(H,28,29,30). The van der Waals surface area contributed by atoms with Gasteiger partial charge in [0, 0.05) is 50.6 Å². The Bertz CT molecular complexity index is 1270. The van der Waals surface area contributed by atoms with Crippen molar-refractivity contribution in [3.8, 4) is 5.75 Å². The maximum atomic E-state index is 13.0. The maximum absolute atomic E-state index is 13.0. The van der Waals surface area contributed by atoms with Gasteiger partial charge >= 0.3 is 0 Å². The number of ether oxygens (including phenoxy) is 1. The smallest absolute Gasteiger partial charge is 0.243 e. The molecule has 9 heteroatoms. The summed E-state index contributed by atoms with van der Waals surface area (Å²) in [7, 11) is -1.93. The summed E-state index contributed by atoms with van der Waals surface area (Å²) in [5.74, 6) is 2.42. The molecule has 0 spiro atoms. The summed E-state index contributed by atoms with van der Waals surface area (Å²) in [6, 6.07) is 15.3. The van der Waals surface area contributed by atoms with Crippen LogP contribution < -0.4 is 10.1 Å². The summed E-state index contributed by atoms with van der Waals surface area (Å²) in [5.41, 5.74) is 0.969. The molecule has 3 aromatic rings. The van der Waals surface area contributed by atoms with Crippen LogP contribution in [0.2, 0.25) is 0 Å². The third-order valence-corrected chi connectivity index (χ3v) is 9.19. The Hall–Kier alpha value is -2.75. The second-order valence-electron chi connectivity index (χ2n) is 9.66. The number of sulfonamides is 1. The first-order valence-corrected chi connectivity index (χ1v) is 14.4. The maximum Gasteiger partial charge on any atom is 0.243 e. The number of para-hydroxylation sites is 1. The predicted octanol–water partition coefficient (Wildman–Crippen LogP) is 3.93. The van der Waals surface area contributed by atoms with E-state index in [1.807, 2.05) is 12.1 Å². The highest BCUT2D eigenvalue weighted by atomic mass is 32.2. The van der Waals surface area contributed by atoms with Gasteiger partial charge in [0.2, 0.25) is 10.0 Å². The quantitative estimate of drug-likeness (QED) is 0.492. The molecule has 0 amide bonds. The monoisotopic (exact) mass is 509 g/mol. The van der Waals surface area contributed by atoms with Crippen molar-refractivity contribution in [3.05, 3.63) is 54.4 Å². The van der Waals surface area contributed by atoms with Gasteiger partial charge in [-0.1, -0.05) is 31.4 Å². The van der Waals surface area contributed by atoms with Crippen LogP contribution in [0.25, 0.3) is 10.9 Å². The zero-order valence-electron chi connectivity index (χ0n) is 20.9. The summed E-state index contributed by atoms with van der Waals surface area (Å²) in [4.78, 5) is 12.4. The first-order chi connectivity index (χ1) is 17.5. The van der Waals surface area contributed by atoms with Crippen LogP contribution in [0.5, 0.6) is 5.75 Å². The molecule has 0 bridgehead atoms. The van der Waals surface area contributed by atoms with E-state index in [0.29, 0.717) is 42.9 Å². The van der Waals surface area contributed by atoms with Crippen LogP contribution in [0.4, 0.5) is 5.82 Å². The Morgan fingerprint density at radius 1 is 0.944 bits per heavy atom. The number of rotatable bonds is 8. The Morgan fingerprint density at radius 3 is 2.39 bits per heavy atom. The molecule has 1 saturated heterocycles. The lowest BCUT2D eigenvalue weighted by Crippen LogP contribution is -2.49. The molecule has 1 aliphatic carbocycles. The molecule has 2 fully saturated rings. The molecule has 36 heavy (non-hydrogen) atoms. The fraction of sp³-hybridized carbons (Fsp3) is 0.481. The van der Waals surface area contributed by atoms with E-state index in [1.165, 1.54) is 32.1 Å². The van der Waals surface area contributed by atoms with E-state index in [9.17, 15) is 8.42 Å². The highest BCUT2D eigenvalue weighted by Crippen LogP contribution is 2.26. The number of anilines is 1. The number of methoxy groups -OCH3 is 1. The highest BCUT2D eigenvalue weighted by Gasteiger charge is 2.28. The predicted molar refractivity (Wildman–Crippen MR) is 142 cm³/mol. The number of nitrogens with one attached hydrogen (secondary N) is 1. The number of hydrogen-bond donors (Lipinski definition) is 1. The summed E-state index contributed by atoms with van der Waals surface area (Å²) in [6.45, 7) is 3.13. The molecule has 0 radical (unpaired) electrons. The largest absolute Gasteiger partial charge is 0.497 e. The van der Waals surface area contributed by atoms with Gasteiger partial charge in [0.25, 0.3) is 0 Å². The second-order valence-corrected chi connectivity index (χ2v) is 11.6. The highest BCUT2D eigenvalue weighted by molar-refractivity contribution is 7.89. The summed E-state index contributed by atoms with van der Waals surface area (Å²) < 4.78 is 32.8. The van der Waals surface area contributed by atoms with E-state index >= 15 is 0 Å². The van der Waals surface area contributed by atoms with Crippen LogP contribution in [-0.4, -0.2) is 73.5 Å². The Kier molecular flexibility index (Phi) is 7.69. The lowest BCUT2D eigenvalue weighted by molar-refractivity contribution is 0.189. The molecule has 0 atom stereocenters. The van der Waals surface area contributed by atoms with Crippen LogP contribution in [0.15, 0.2) is 53.4 Å². The number of nitrogens with zero attached hydrogens (tertiary/aromatic N) is 4. The van der Waals surface area contributed by atoms with Crippen LogP contribution in [0, 0.1) is 0 Å². The van der Waals surface area contributed by atoms with Gasteiger partial charge in [-0.05, 0) is 49.2 Å². The van der Waals surface area contributed by atoms with E-state index in [4.69, 9.17) is 14.7 Å². The van der Waals surface area contributed by atoms with Crippen molar-refractivity contribution in [2.24, 2.45) is 0 Å². The number of aromatic nitrogens is 2. The molecule has 192 valence electrons. The van der Waals surface area contributed by atoms with Gasteiger partial charge in [0.1, 0.15) is 17.4 Å². The Labute approximate surface area is 213 Å². The average Bonchev–Trinajstić information content (AvgIpc) is 2.93. The van der Waals surface area contributed by atoms with E-state index in [0.717, 1.165) is 35.5 Å². The lowest BCUT2D eigenvalue weighted by Gasteiger charge is -2.33. The van der Waals surface area contributed by atoms with Gasteiger partial charge < -0.3 is 15.0 Å². The van der Waals surface area contributed by atoms with Gasteiger partial charge in [0.15, 0.2) is 0 Å². The zero-order chi connectivity index (χ0) is 25.0. The topological polar surface area (TPSA) is 87.7 Å². The number of piperazine rings is 1. The van der Waals surface area contributed by atoms with Crippen molar-refractivity contribution in [2.75, 3.05) is 45.2 Å². The third kappa shape index (κ3) is 5.63. The number of hydrogen-bond acceptors (Lipinski definition) is 7. The van der Waals surface area contributed by atoms with Crippen LogP contribution in [0.3, 0.4) is 0 Å². The minimum atomic E-state index is -3.50. The molecular weight excluding hydrogens is 474 g/mol. The van der Waals surface area contributed by atoms with E-state index < -0.39 is 10.0 Å². The van der Waals surface area contributed by atoms with Crippen molar-refractivity contribution in [3.63, 3.8) is 0 Å². The Balaban J connectivity index is 1.21. The molecule has 5 rings (SSSR count). The summed E-state index contributed by atoms with van der Waals surface area (Å²) in [6.07, 6.45) is 6.98. The molecule has 2 aromatic carbocycles. The molecule has 8 nitrogen and oxygen atoms in total. The van der Waals surface area contributed by atoms with Crippen LogP contribution >= 0.6 is 0 Å². The van der Waals surface area contributed by atoms with Crippen molar-refractivity contribution in [1.29, 1.82) is 0 Å². The van der Waals surface area contributed by atoms with Crippen molar-refractivity contribution in [1.82, 2.24) is 19.2 Å². The molecule has 2 heterocycles. The zero-order valence-corrected chi connectivity index (χ0v) is 21.7. The minimum Gasteiger partial charge on any atom is -0.497 e. The van der Waals surface area contributed by atoms with Crippen molar-refractivity contribution in [2.45, 2.75) is 49.5 Å². The molecule has 1 N–H and O–H groups in total. The first-order valence-electron chi connectivity index (χ1n) is 12.9. The SMILES string of the molecule is COc1ccc(S(=O)(=O)N2CCN(CCc3nc(NC4CCCCC4)c4ccccc4n3)CC2)cc1. The molecule has 1 saturated carbocycles. The van der Waals surface area contributed by atoms with Gasteiger partial charge in [-0.3, -0.25) is 0 Å². The van der Waals surface area contributed by atoms with Crippen molar-refractivity contribution >= 4 is 26.7 Å². The molecule has 2 aliphatic rings.